The Bertz CT molecular complexity index is 449. The van der Waals surface area contributed by atoms with Crippen molar-refractivity contribution in [2.45, 2.75) is 25.9 Å². The van der Waals surface area contributed by atoms with Gasteiger partial charge in [-0.2, -0.15) is 0 Å². The van der Waals surface area contributed by atoms with Crippen LogP contribution < -0.4 is 0 Å². The zero-order chi connectivity index (χ0) is 16.8. The van der Waals surface area contributed by atoms with Crippen LogP contribution in [0.5, 0.6) is 0 Å². The minimum absolute atomic E-state index is 0.0607. The molecule has 0 aliphatic carbocycles. The minimum atomic E-state index is -1.07. The van der Waals surface area contributed by atoms with Gasteiger partial charge in [-0.1, -0.05) is 0 Å². The molecule has 1 N–H and O–H groups in total. The normalized spacial score (nSPS) is 25.0. The molecule has 8 heteroatoms. The number of hydrogen-bond donors (Lipinski definition) is 1. The number of aliphatic carboxylic acids is 1. The van der Waals surface area contributed by atoms with E-state index in [2.05, 4.69) is 0 Å². The van der Waals surface area contributed by atoms with E-state index in [4.69, 9.17) is 14.6 Å². The molecule has 2 aliphatic rings. The number of ether oxygens (including phenoxy) is 2. The summed E-state index contributed by atoms with van der Waals surface area (Å²) in [6.07, 6.45) is 1.36. The lowest BCUT2D eigenvalue weighted by Gasteiger charge is -2.37. The zero-order valence-electron chi connectivity index (χ0n) is 13.4. The Balaban J connectivity index is 1.90. The first-order valence-electron chi connectivity index (χ1n) is 7.93. The Morgan fingerprint density at radius 3 is 2.70 bits per heavy atom. The van der Waals surface area contributed by atoms with Crippen molar-refractivity contribution in [3.63, 3.8) is 0 Å². The molecule has 0 bridgehead atoms. The van der Waals surface area contributed by atoms with E-state index in [0.717, 1.165) is 12.8 Å². The highest BCUT2D eigenvalue weighted by Crippen LogP contribution is 2.18. The second kappa shape index (κ2) is 8.26. The molecule has 2 aliphatic heterocycles. The average molecular weight is 328 g/mol. The van der Waals surface area contributed by atoms with Gasteiger partial charge in [0, 0.05) is 33.2 Å². The first-order chi connectivity index (χ1) is 11.0. The van der Waals surface area contributed by atoms with Crippen molar-refractivity contribution in [3.8, 4) is 0 Å². The van der Waals surface area contributed by atoms with Gasteiger partial charge in [0.1, 0.15) is 6.54 Å². The number of hydrogen-bond acceptors (Lipinski definition) is 5. The molecule has 2 fully saturated rings. The number of carboxylic acid groups (broad SMARTS) is 1. The fourth-order valence-corrected chi connectivity index (χ4v) is 2.94. The van der Waals surface area contributed by atoms with Gasteiger partial charge in [-0.25, -0.2) is 0 Å². The van der Waals surface area contributed by atoms with Gasteiger partial charge in [-0.15, -0.1) is 0 Å². The average Bonchev–Trinajstić information content (AvgIpc) is 2.54. The molecular formula is C15H24N2O6. The lowest BCUT2D eigenvalue weighted by Crippen LogP contribution is -2.52. The van der Waals surface area contributed by atoms with Crippen molar-refractivity contribution >= 4 is 17.8 Å². The Labute approximate surface area is 135 Å². The Morgan fingerprint density at radius 2 is 2.09 bits per heavy atom. The summed E-state index contributed by atoms with van der Waals surface area (Å²) in [5.41, 5.74) is 0. The number of amides is 2. The monoisotopic (exact) mass is 328 g/mol. The maximum atomic E-state index is 12.5. The van der Waals surface area contributed by atoms with Crippen LogP contribution in [0.1, 0.15) is 19.8 Å². The van der Waals surface area contributed by atoms with Gasteiger partial charge >= 0.3 is 5.97 Å². The summed E-state index contributed by atoms with van der Waals surface area (Å²) in [7, 11) is 0. The number of nitrogens with zero attached hydrogens (tertiary/aromatic N) is 2. The number of rotatable bonds is 5. The predicted molar refractivity (Wildman–Crippen MR) is 79.8 cm³/mol. The molecule has 130 valence electrons. The molecule has 2 atom stereocenters. The molecule has 2 heterocycles. The Morgan fingerprint density at radius 1 is 1.30 bits per heavy atom. The van der Waals surface area contributed by atoms with Crippen LogP contribution in [0.2, 0.25) is 0 Å². The minimum Gasteiger partial charge on any atom is -0.480 e. The van der Waals surface area contributed by atoms with Crippen molar-refractivity contribution in [2.24, 2.45) is 5.92 Å². The van der Waals surface area contributed by atoms with Gasteiger partial charge in [0.15, 0.2) is 0 Å². The lowest BCUT2D eigenvalue weighted by atomic mass is 10.00. The second-order valence-corrected chi connectivity index (χ2v) is 5.98. The molecule has 0 aromatic rings. The number of carboxylic acids is 1. The third kappa shape index (κ3) is 5.18. The maximum absolute atomic E-state index is 12.5. The van der Waals surface area contributed by atoms with E-state index < -0.39 is 5.97 Å². The van der Waals surface area contributed by atoms with Crippen LogP contribution in [0, 0.1) is 5.92 Å². The fourth-order valence-electron chi connectivity index (χ4n) is 2.94. The SMILES string of the molecule is CC(=O)N(CC(=O)O)CC1CN(C(=O)C2CCCOC2)CCO1. The summed E-state index contributed by atoms with van der Waals surface area (Å²) < 4.78 is 11.0. The smallest absolute Gasteiger partial charge is 0.323 e. The molecule has 23 heavy (non-hydrogen) atoms. The molecule has 8 nitrogen and oxygen atoms in total. The van der Waals surface area contributed by atoms with Crippen molar-refractivity contribution in [3.05, 3.63) is 0 Å². The second-order valence-electron chi connectivity index (χ2n) is 5.98. The molecule has 0 aromatic heterocycles. The molecule has 0 aromatic carbocycles. The van der Waals surface area contributed by atoms with E-state index in [1.807, 2.05) is 0 Å². The Kier molecular flexibility index (Phi) is 6.35. The van der Waals surface area contributed by atoms with Crippen LogP contribution in [-0.2, 0) is 23.9 Å². The van der Waals surface area contributed by atoms with E-state index in [-0.39, 0.29) is 36.9 Å². The number of carbonyl (C=O) groups excluding carboxylic acids is 2. The molecule has 2 amide bonds. The summed E-state index contributed by atoms with van der Waals surface area (Å²) in [4.78, 5) is 37.8. The van der Waals surface area contributed by atoms with Crippen LogP contribution >= 0.6 is 0 Å². The van der Waals surface area contributed by atoms with E-state index in [1.165, 1.54) is 11.8 Å². The van der Waals surface area contributed by atoms with Crippen molar-refractivity contribution in [1.29, 1.82) is 0 Å². The third-order valence-electron chi connectivity index (χ3n) is 4.16. The number of carbonyl (C=O) groups is 3. The molecule has 0 radical (unpaired) electrons. The molecule has 2 saturated heterocycles. The fraction of sp³-hybridized carbons (Fsp3) is 0.800. The zero-order valence-corrected chi connectivity index (χ0v) is 13.4. The standard InChI is InChI=1S/C15H24N2O6/c1-11(18)17(9-14(19)20)8-13-7-16(4-6-23-13)15(21)12-3-2-5-22-10-12/h12-13H,2-10H2,1H3,(H,19,20). The van der Waals surface area contributed by atoms with Crippen molar-refractivity contribution < 1.29 is 29.0 Å². The highest BCUT2D eigenvalue weighted by Gasteiger charge is 2.31. The predicted octanol–water partition coefficient (Wildman–Crippen LogP) is -0.426. The van der Waals surface area contributed by atoms with Crippen LogP contribution in [0.3, 0.4) is 0 Å². The van der Waals surface area contributed by atoms with Gasteiger partial charge in [0.05, 0.1) is 25.2 Å². The van der Waals surface area contributed by atoms with Crippen LogP contribution in [0.4, 0.5) is 0 Å². The first-order valence-corrected chi connectivity index (χ1v) is 7.93. The van der Waals surface area contributed by atoms with Crippen LogP contribution in [-0.4, -0.2) is 84.8 Å². The van der Waals surface area contributed by atoms with Crippen molar-refractivity contribution in [2.75, 3.05) is 46.0 Å². The van der Waals surface area contributed by atoms with Crippen molar-refractivity contribution in [1.82, 2.24) is 9.80 Å². The molecule has 0 saturated carbocycles. The van der Waals surface area contributed by atoms with E-state index in [0.29, 0.717) is 32.9 Å². The van der Waals surface area contributed by atoms with Gasteiger partial charge in [-0.05, 0) is 12.8 Å². The molecule has 0 spiro atoms. The number of morpholine rings is 1. The van der Waals surface area contributed by atoms with Gasteiger partial charge < -0.3 is 24.4 Å². The van der Waals surface area contributed by atoms with Gasteiger partial charge in [-0.3, -0.25) is 14.4 Å². The van der Waals surface area contributed by atoms with Crippen LogP contribution in [0.25, 0.3) is 0 Å². The third-order valence-corrected chi connectivity index (χ3v) is 4.16. The van der Waals surface area contributed by atoms with E-state index in [9.17, 15) is 14.4 Å². The summed E-state index contributed by atoms with van der Waals surface area (Å²) in [5, 5.41) is 8.86. The summed E-state index contributed by atoms with van der Waals surface area (Å²) >= 11 is 0. The highest BCUT2D eigenvalue weighted by molar-refractivity contribution is 5.80. The molecule has 2 rings (SSSR count). The highest BCUT2D eigenvalue weighted by atomic mass is 16.5. The van der Waals surface area contributed by atoms with Gasteiger partial charge in [0.2, 0.25) is 11.8 Å². The largest absolute Gasteiger partial charge is 0.480 e. The Hall–Kier alpha value is -1.67. The molecular weight excluding hydrogens is 304 g/mol. The summed E-state index contributed by atoms with van der Waals surface area (Å²) in [6, 6.07) is 0. The van der Waals surface area contributed by atoms with E-state index in [1.54, 1.807) is 4.90 Å². The molecule has 2 unspecified atom stereocenters. The first kappa shape index (κ1) is 17.7. The van der Waals surface area contributed by atoms with E-state index >= 15 is 0 Å². The lowest BCUT2D eigenvalue weighted by molar-refractivity contribution is -0.151. The maximum Gasteiger partial charge on any atom is 0.323 e. The van der Waals surface area contributed by atoms with Crippen LogP contribution in [0.15, 0.2) is 0 Å². The summed E-state index contributed by atoms with van der Waals surface area (Å²) in [5.74, 6) is -1.43. The quantitative estimate of drug-likeness (QED) is 0.736. The van der Waals surface area contributed by atoms with Gasteiger partial charge in [0.25, 0.3) is 0 Å². The summed E-state index contributed by atoms with van der Waals surface area (Å²) in [6.45, 7) is 3.59. The topological polar surface area (TPSA) is 96.4 Å².